The highest BCUT2D eigenvalue weighted by Gasteiger charge is 2.32. The smallest absolute Gasteiger partial charge is 0.171 e. The van der Waals surface area contributed by atoms with Crippen molar-refractivity contribution >= 4 is 66.5 Å². The highest BCUT2D eigenvalue weighted by Crippen LogP contribution is 2.46. The monoisotopic (exact) mass is 620 g/mol. The van der Waals surface area contributed by atoms with Gasteiger partial charge in [-0.05, 0) is 29.7 Å². The maximum absolute atomic E-state index is 15.6. The molecule has 3 nitrogen and oxygen atoms in total. The number of fused-ring (bicyclic) bond motifs is 6. The minimum absolute atomic E-state index is 0.822. The van der Waals surface area contributed by atoms with Crippen LogP contribution in [0.4, 0.5) is 0 Å². The molecule has 222 valence electrons. The summed E-state index contributed by atoms with van der Waals surface area (Å²) in [6.07, 6.45) is 0. The summed E-state index contributed by atoms with van der Waals surface area (Å²) in [5.74, 6) is 0. The maximum atomic E-state index is 15.6. The molecule has 7 aromatic carbocycles. The van der Waals surface area contributed by atoms with Crippen LogP contribution in [0.25, 0.3) is 60.4 Å². The van der Waals surface area contributed by atoms with Crippen LogP contribution in [0, 0.1) is 0 Å². The van der Waals surface area contributed by atoms with E-state index in [-0.39, 0.29) is 0 Å². The summed E-state index contributed by atoms with van der Waals surface area (Å²) in [6.45, 7) is 0. The first-order valence-corrected chi connectivity index (χ1v) is 17.6. The molecule has 2 aromatic heterocycles. The number of benzene rings is 7. The van der Waals surface area contributed by atoms with Crippen molar-refractivity contribution in [3.8, 4) is 16.9 Å². The molecule has 0 atom stereocenters. The molecule has 9 rings (SSSR count). The molecular weight excluding hydrogens is 591 g/mol. The van der Waals surface area contributed by atoms with E-state index in [1.165, 1.54) is 10.8 Å². The fourth-order valence-corrected chi connectivity index (χ4v) is 10.0. The van der Waals surface area contributed by atoms with Crippen molar-refractivity contribution in [1.82, 2.24) is 9.55 Å². The molecule has 0 bridgehead atoms. The van der Waals surface area contributed by atoms with Crippen LogP contribution in [0.1, 0.15) is 0 Å². The number of hydrogen-bond donors (Lipinski definition) is 0. The fourth-order valence-electron chi connectivity index (χ4n) is 7.18. The zero-order chi connectivity index (χ0) is 31.4. The second-order valence-corrected chi connectivity index (χ2v) is 14.6. The maximum Gasteiger partial charge on any atom is 0.171 e. The standard InChI is InChI=1S/C43H29N2OP/c46-47(31-18-6-2-7-19-31,32-20-8-3-9-21-32)40-29-28-39(33-22-10-11-23-34(33)40)45-38-27-15-13-25-36(38)41-35-24-12-14-26-37(35)44-42(43(41)45)30-16-4-1-5-17-30/h1-29H. The molecule has 0 aliphatic heterocycles. The minimum atomic E-state index is -3.23. The number of aromatic nitrogens is 2. The molecule has 0 amide bonds. The van der Waals surface area contributed by atoms with Crippen LogP contribution < -0.4 is 15.9 Å². The first-order chi connectivity index (χ1) is 23.2. The third-order valence-electron chi connectivity index (χ3n) is 9.25. The molecule has 0 aliphatic carbocycles. The molecule has 0 saturated carbocycles. The summed E-state index contributed by atoms with van der Waals surface area (Å²) in [5.41, 5.74) is 6.15. The Morgan fingerprint density at radius 2 is 1.00 bits per heavy atom. The van der Waals surface area contributed by atoms with Gasteiger partial charge >= 0.3 is 0 Å². The van der Waals surface area contributed by atoms with Gasteiger partial charge < -0.3 is 9.13 Å². The van der Waals surface area contributed by atoms with Crippen LogP contribution in [-0.2, 0) is 4.57 Å². The quantitative estimate of drug-likeness (QED) is 0.180. The average Bonchev–Trinajstić information content (AvgIpc) is 3.50. The van der Waals surface area contributed by atoms with Crippen LogP contribution in [0.5, 0.6) is 0 Å². The normalized spacial score (nSPS) is 11.9. The van der Waals surface area contributed by atoms with Gasteiger partial charge in [0.25, 0.3) is 0 Å². The first-order valence-electron chi connectivity index (χ1n) is 15.8. The lowest BCUT2D eigenvalue weighted by molar-refractivity contribution is 0.592. The Hall–Kier alpha value is -5.76. The van der Waals surface area contributed by atoms with Gasteiger partial charge in [-0.3, -0.25) is 0 Å². The van der Waals surface area contributed by atoms with E-state index in [9.17, 15) is 0 Å². The third-order valence-corrected chi connectivity index (χ3v) is 12.4. The Balaban J connectivity index is 1.43. The van der Waals surface area contributed by atoms with Crippen molar-refractivity contribution in [3.05, 3.63) is 176 Å². The van der Waals surface area contributed by atoms with Crippen molar-refractivity contribution in [2.75, 3.05) is 0 Å². The number of pyridine rings is 1. The zero-order valence-corrected chi connectivity index (χ0v) is 26.4. The number of rotatable bonds is 5. The number of nitrogens with zero attached hydrogens (tertiary/aromatic N) is 2. The van der Waals surface area contributed by atoms with E-state index in [2.05, 4.69) is 108 Å². The Bertz CT molecular complexity index is 2600. The Morgan fingerprint density at radius 1 is 0.468 bits per heavy atom. The van der Waals surface area contributed by atoms with E-state index in [0.717, 1.165) is 65.6 Å². The predicted octanol–water partition coefficient (Wildman–Crippen LogP) is 9.79. The Labute approximate surface area is 272 Å². The molecule has 2 heterocycles. The largest absolute Gasteiger partial charge is 0.309 e. The highest BCUT2D eigenvalue weighted by atomic mass is 31.2. The molecule has 4 heteroatoms. The number of para-hydroxylation sites is 2. The van der Waals surface area contributed by atoms with Gasteiger partial charge in [-0.1, -0.05) is 152 Å². The third kappa shape index (κ3) is 4.21. The summed E-state index contributed by atoms with van der Waals surface area (Å²) >= 11 is 0. The lowest BCUT2D eigenvalue weighted by Gasteiger charge is -2.23. The van der Waals surface area contributed by atoms with E-state index in [4.69, 9.17) is 4.98 Å². The van der Waals surface area contributed by atoms with E-state index in [0.29, 0.717) is 0 Å². The van der Waals surface area contributed by atoms with Crippen molar-refractivity contribution < 1.29 is 4.57 Å². The van der Waals surface area contributed by atoms with Gasteiger partial charge in [-0.2, -0.15) is 0 Å². The van der Waals surface area contributed by atoms with Gasteiger partial charge in [0.1, 0.15) is 0 Å². The Kier molecular flexibility index (Phi) is 6.41. The van der Waals surface area contributed by atoms with Gasteiger partial charge in [0.05, 0.1) is 27.9 Å². The molecular formula is C43H29N2OP. The van der Waals surface area contributed by atoms with Crippen LogP contribution in [0.3, 0.4) is 0 Å². The van der Waals surface area contributed by atoms with Crippen molar-refractivity contribution in [3.63, 3.8) is 0 Å². The first kappa shape index (κ1) is 27.5. The van der Waals surface area contributed by atoms with E-state index < -0.39 is 7.14 Å². The van der Waals surface area contributed by atoms with Crippen molar-refractivity contribution in [1.29, 1.82) is 0 Å². The zero-order valence-electron chi connectivity index (χ0n) is 25.5. The van der Waals surface area contributed by atoms with Crippen molar-refractivity contribution in [2.24, 2.45) is 0 Å². The summed E-state index contributed by atoms with van der Waals surface area (Å²) in [6, 6.07) is 60.0. The lowest BCUT2D eigenvalue weighted by atomic mass is 10.0. The van der Waals surface area contributed by atoms with E-state index in [1.807, 2.05) is 72.8 Å². The van der Waals surface area contributed by atoms with Gasteiger partial charge in [0, 0.05) is 43.0 Å². The highest BCUT2D eigenvalue weighted by molar-refractivity contribution is 7.85. The summed E-state index contributed by atoms with van der Waals surface area (Å²) in [4.78, 5) is 5.31. The van der Waals surface area contributed by atoms with Crippen molar-refractivity contribution in [2.45, 2.75) is 0 Å². The summed E-state index contributed by atoms with van der Waals surface area (Å²) < 4.78 is 18.0. The molecule has 47 heavy (non-hydrogen) atoms. The fraction of sp³-hybridized carbons (Fsp3) is 0. The second-order valence-electron chi connectivity index (χ2n) is 11.8. The van der Waals surface area contributed by atoms with Crippen LogP contribution in [0.2, 0.25) is 0 Å². The second kappa shape index (κ2) is 10.9. The molecule has 0 spiro atoms. The predicted molar refractivity (Wildman–Crippen MR) is 198 cm³/mol. The molecule has 0 N–H and O–H groups in total. The van der Waals surface area contributed by atoms with Gasteiger partial charge in [0.15, 0.2) is 7.14 Å². The average molecular weight is 621 g/mol. The van der Waals surface area contributed by atoms with Gasteiger partial charge in [-0.15, -0.1) is 0 Å². The molecule has 0 radical (unpaired) electrons. The SMILES string of the molecule is O=P(c1ccccc1)(c1ccccc1)c1ccc(-n2c3ccccc3c3c4ccccc4nc(-c4ccccc4)c32)c2ccccc12. The van der Waals surface area contributed by atoms with E-state index in [1.54, 1.807) is 0 Å². The molecule has 0 unspecified atom stereocenters. The summed E-state index contributed by atoms with van der Waals surface area (Å²) in [7, 11) is -3.23. The summed E-state index contributed by atoms with van der Waals surface area (Å²) in [5, 5.41) is 7.96. The Morgan fingerprint density at radius 3 is 1.68 bits per heavy atom. The lowest BCUT2D eigenvalue weighted by Crippen LogP contribution is -2.25. The van der Waals surface area contributed by atoms with Gasteiger partial charge in [0.2, 0.25) is 0 Å². The van der Waals surface area contributed by atoms with Crippen LogP contribution in [0.15, 0.2) is 176 Å². The topological polar surface area (TPSA) is 34.9 Å². The van der Waals surface area contributed by atoms with E-state index >= 15 is 4.57 Å². The number of hydrogen-bond acceptors (Lipinski definition) is 2. The molecule has 0 saturated heterocycles. The minimum Gasteiger partial charge on any atom is -0.309 e. The molecule has 9 aromatic rings. The molecule has 0 fully saturated rings. The van der Waals surface area contributed by atoms with Crippen LogP contribution in [-0.4, -0.2) is 9.55 Å². The van der Waals surface area contributed by atoms with Crippen LogP contribution >= 0.6 is 7.14 Å². The van der Waals surface area contributed by atoms with Gasteiger partial charge in [-0.25, -0.2) is 4.98 Å². The molecule has 0 aliphatic rings.